The predicted octanol–water partition coefficient (Wildman–Crippen LogP) is 13.3. The van der Waals surface area contributed by atoms with Crippen LogP contribution in [0.1, 0.15) is 0 Å². The van der Waals surface area contributed by atoms with Crippen LogP contribution in [-0.4, -0.2) is 0 Å². The quantitative estimate of drug-likeness (QED) is 0.182. The smallest absolute Gasteiger partial charge is 0.143 e. The molecule has 0 unspecified atom stereocenters. The predicted molar refractivity (Wildman–Crippen MR) is 201 cm³/mol. The Morgan fingerprint density at radius 2 is 0.936 bits per heavy atom. The molecule has 0 spiro atoms. The molecule has 1 heterocycles. The van der Waals surface area contributed by atoms with Gasteiger partial charge in [-0.25, -0.2) is 0 Å². The molecule has 11 aromatic rings. The van der Waals surface area contributed by atoms with Crippen LogP contribution in [0.4, 0.5) is 0 Å². The molecule has 1 nitrogen and oxygen atoms in total. The first-order valence-corrected chi connectivity index (χ1v) is 16.3. The minimum absolute atomic E-state index is 0.914. The van der Waals surface area contributed by atoms with Crippen molar-refractivity contribution in [1.29, 1.82) is 0 Å². The van der Waals surface area contributed by atoms with Crippen molar-refractivity contribution in [1.82, 2.24) is 0 Å². The first kappa shape index (κ1) is 25.1. The molecule has 0 saturated heterocycles. The van der Waals surface area contributed by atoms with Gasteiger partial charge in [0.2, 0.25) is 0 Å². The lowest BCUT2D eigenvalue weighted by Gasteiger charge is -2.16. The summed E-state index contributed by atoms with van der Waals surface area (Å²) in [7, 11) is 0. The molecular formula is C46H26O. The topological polar surface area (TPSA) is 13.1 Å². The van der Waals surface area contributed by atoms with E-state index in [1.807, 2.05) is 0 Å². The summed E-state index contributed by atoms with van der Waals surface area (Å²) in [6, 6.07) is 57.9. The molecule has 0 radical (unpaired) electrons. The van der Waals surface area contributed by atoms with E-state index in [1.165, 1.54) is 86.7 Å². The second kappa shape index (κ2) is 9.19. The van der Waals surface area contributed by atoms with Crippen LogP contribution in [0.25, 0.3) is 109 Å². The zero-order valence-electron chi connectivity index (χ0n) is 25.4. The highest BCUT2D eigenvalue weighted by Crippen LogP contribution is 2.46. The fraction of sp³-hybridized carbons (Fsp3) is 0. The standard InChI is InChI=1S/C46H26O/c1-4-13-35-27(8-1)20-23-42-45(35)41-26-32(34-21-18-30-17-16-28-10-7-11-29-19-22-38(34)44(30)43(28)29)25-40(46(41)47-42)39-24-31-9-2-3-12-33(31)36-14-5-6-15-37(36)39/h1-26H. The van der Waals surface area contributed by atoms with Gasteiger partial charge in [-0.05, 0) is 106 Å². The normalized spacial score (nSPS) is 12.3. The molecule has 47 heavy (non-hydrogen) atoms. The Balaban J connectivity index is 1.32. The molecule has 1 aromatic heterocycles. The number of hydrogen-bond acceptors (Lipinski definition) is 1. The first-order valence-electron chi connectivity index (χ1n) is 16.3. The summed E-state index contributed by atoms with van der Waals surface area (Å²) in [5.74, 6) is 0. The minimum Gasteiger partial charge on any atom is -0.455 e. The Morgan fingerprint density at radius 3 is 1.79 bits per heavy atom. The maximum Gasteiger partial charge on any atom is 0.143 e. The molecule has 0 atom stereocenters. The molecule has 11 rings (SSSR count). The molecule has 1 heteroatoms. The molecule has 0 aliphatic heterocycles. The fourth-order valence-electron chi connectivity index (χ4n) is 8.27. The third kappa shape index (κ3) is 3.43. The zero-order valence-corrected chi connectivity index (χ0v) is 25.4. The lowest BCUT2D eigenvalue weighted by atomic mass is 9.87. The average molecular weight is 595 g/mol. The largest absolute Gasteiger partial charge is 0.455 e. The van der Waals surface area contributed by atoms with Crippen LogP contribution in [0.2, 0.25) is 0 Å². The molecule has 0 aliphatic carbocycles. The van der Waals surface area contributed by atoms with E-state index in [-0.39, 0.29) is 0 Å². The highest BCUT2D eigenvalue weighted by molar-refractivity contribution is 6.27. The molecule has 0 bridgehead atoms. The first-order chi connectivity index (χ1) is 23.3. The summed E-state index contributed by atoms with van der Waals surface area (Å²) in [6.45, 7) is 0. The lowest BCUT2D eigenvalue weighted by Crippen LogP contribution is -1.90. The van der Waals surface area contributed by atoms with Gasteiger partial charge in [-0.1, -0.05) is 133 Å². The average Bonchev–Trinajstić information content (AvgIpc) is 3.52. The van der Waals surface area contributed by atoms with Gasteiger partial charge < -0.3 is 4.42 Å². The van der Waals surface area contributed by atoms with Crippen LogP contribution >= 0.6 is 0 Å². The highest BCUT2D eigenvalue weighted by atomic mass is 16.3. The number of furan rings is 1. The monoisotopic (exact) mass is 594 g/mol. The van der Waals surface area contributed by atoms with E-state index in [0.29, 0.717) is 0 Å². The Morgan fingerprint density at radius 1 is 0.298 bits per heavy atom. The van der Waals surface area contributed by atoms with Gasteiger partial charge in [0, 0.05) is 16.3 Å². The van der Waals surface area contributed by atoms with Crippen molar-refractivity contribution in [3.8, 4) is 22.3 Å². The third-order valence-corrected chi connectivity index (χ3v) is 10.4. The van der Waals surface area contributed by atoms with Gasteiger partial charge in [0.25, 0.3) is 0 Å². The van der Waals surface area contributed by atoms with E-state index < -0.39 is 0 Å². The molecule has 0 saturated carbocycles. The lowest BCUT2D eigenvalue weighted by molar-refractivity contribution is 0.670. The van der Waals surface area contributed by atoms with Crippen molar-refractivity contribution in [2.45, 2.75) is 0 Å². The van der Waals surface area contributed by atoms with Gasteiger partial charge in [-0.15, -0.1) is 0 Å². The second-order valence-electron chi connectivity index (χ2n) is 12.8. The molecular weight excluding hydrogens is 569 g/mol. The van der Waals surface area contributed by atoms with Gasteiger partial charge in [0.15, 0.2) is 0 Å². The SMILES string of the molecule is c1ccc2c(c1)cc(-c1cc(-c3ccc4ccc5cccc6ccc3c4c56)cc3c1oc1ccc4ccccc4c13)c1ccccc12. The molecule has 0 N–H and O–H groups in total. The molecule has 10 aromatic carbocycles. The van der Waals surface area contributed by atoms with Crippen molar-refractivity contribution < 1.29 is 4.42 Å². The molecule has 0 aliphatic rings. The maximum atomic E-state index is 6.88. The minimum atomic E-state index is 0.914. The summed E-state index contributed by atoms with van der Waals surface area (Å²) in [5.41, 5.74) is 6.57. The Labute approximate surface area is 270 Å². The van der Waals surface area contributed by atoms with Crippen molar-refractivity contribution >= 4 is 86.6 Å². The summed E-state index contributed by atoms with van der Waals surface area (Å²) < 4.78 is 6.88. The highest BCUT2D eigenvalue weighted by Gasteiger charge is 2.20. The fourth-order valence-corrected chi connectivity index (χ4v) is 8.27. The van der Waals surface area contributed by atoms with Crippen LogP contribution in [-0.2, 0) is 0 Å². The summed E-state index contributed by atoms with van der Waals surface area (Å²) >= 11 is 0. The number of hydrogen-bond donors (Lipinski definition) is 0. The van der Waals surface area contributed by atoms with Crippen molar-refractivity contribution in [2.24, 2.45) is 0 Å². The van der Waals surface area contributed by atoms with E-state index in [2.05, 4.69) is 158 Å². The zero-order chi connectivity index (χ0) is 30.6. The van der Waals surface area contributed by atoms with Crippen LogP contribution in [0, 0.1) is 0 Å². The van der Waals surface area contributed by atoms with Crippen LogP contribution < -0.4 is 0 Å². The maximum absolute atomic E-state index is 6.88. The van der Waals surface area contributed by atoms with Crippen LogP contribution in [0.5, 0.6) is 0 Å². The Hall–Kier alpha value is -6.18. The third-order valence-electron chi connectivity index (χ3n) is 10.4. The molecule has 0 fully saturated rings. The molecule has 216 valence electrons. The second-order valence-corrected chi connectivity index (χ2v) is 12.8. The Kier molecular flexibility index (Phi) is 4.90. The van der Waals surface area contributed by atoms with Gasteiger partial charge in [0.1, 0.15) is 11.2 Å². The Bertz CT molecular complexity index is 3050. The van der Waals surface area contributed by atoms with Gasteiger partial charge in [-0.3, -0.25) is 0 Å². The molecule has 0 amide bonds. The van der Waals surface area contributed by atoms with E-state index in [9.17, 15) is 0 Å². The van der Waals surface area contributed by atoms with Crippen LogP contribution in [0.3, 0.4) is 0 Å². The van der Waals surface area contributed by atoms with Crippen molar-refractivity contribution in [3.05, 3.63) is 158 Å². The summed E-state index contributed by atoms with van der Waals surface area (Å²) in [6.07, 6.45) is 0. The van der Waals surface area contributed by atoms with Gasteiger partial charge in [0.05, 0.1) is 0 Å². The van der Waals surface area contributed by atoms with Gasteiger partial charge in [-0.2, -0.15) is 0 Å². The van der Waals surface area contributed by atoms with E-state index >= 15 is 0 Å². The van der Waals surface area contributed by atoms with E-state index in [1.54, 1.807) is 0 Å². The van der Waals surface area contributed by atoms with Crippen LogP contribution in [0.15, 0.2) is 162 Å². The van der Waals surface area contributed by atoms with E-state index in [0.717, 1.165) is 22.1 Å². The number of fused-ring (bicyclic) bond motifs is 8. The van der Waals surface area contributed by atoms with Crippen molar-refractivity contribution in [2.75, 3.05) is 0 Å². The summed E-state index contributed by atoms with van der Waals surface area (Å²) in [4.78, 5) is 0. The van der Waals surface area contributed by atoms with E-state index in [4.69, 9.17) is 4.42 Å². The van der Waals surface area contributed by atoms with Gasteiger partial charge >= 0.3 is 0 Å². The summed E-state index contributed by atoms with van der Waals surface area (Å²) in [5, 5.41) is 17.5. The van der Waals surface area contributed by atoms with Crippen molar-refractivity contribution in [3.63, 3.8) is 0 Å². The number of benzene rings is 10. The number of rotatable bonds is 2.